The van der Waals surface area contributed by atoms with Crippen molar-refractivity contribution in [3.8, 4) is 0 Å². The Balaban J connectivity index is 1.91. The predicted octanol–water partition coefficient (Wildman–Crippen LogP) is 0.802. The molecule has 0 atom stereocenters. The molecule has 0 radical (unpaired) electrons. The van der Waals surface area contributed by atoms with E-state index in [-0.39, 0.29) is 18.0 Å². The molecule has 0 unspecified atom stereocenters. The highest BCUT2D eigenvalue weighted by Crippen LogP contribution is 2.34. The molecule has 0 bridgehead atoms. The van der Waals surface area contributed by atoms with Crippen molar-refractivity contribution in [2.45, 2.75) is 24.9 Å². The van der Waals surface area contributed by atoms with Gasteiger partial charge < -0.3 is 14.8 Å². The summed E-state index contributed by atoms with van der Waals surface area (Å²) in [6, 6.07) is 2.90. The number of hydrogen-bond acceptors (Lipinski definition) is 5. The molecule has 1 aliphatic carbocycles. The second kappa shape index (κ2) is 3.63. The second-order valence-corrected chi connectivity index (χ2v) is 3.79. The number of nitro groups is 1. The van der Waals surface area contributed by atoms with Crippen molar-refractivity contribution in [2.75, 3.05) is 6.61 Å². The fraction of sp³-hybridized carbons (Fsp3) is 0.556. The number of nitrogens with zero attached hydrogens (tertiary/aromatic N) is 1. The van der Waals surface area contributed by atoms with Gasteiger partial charge in [-0.2, -0.15) is 0 Å². The van der Waals surface area contributed by atoms with E-state index in [0.717, 1.165) is 12.8 Å². The maximum Gasteiger partial charge on any atom is 0.433 e. The lowest BCUT2D eigenvalue weighted by Gasteiger charge is -2.11. The van der Waals surface area contributed by atoms with Crippen LogP contribution < -0.4 is 5.32 Å². The molecule has 6 heteroatoms. The zero-order valence-electron chi connectivity index (χ0n) is 8.10. The second-order valence-electron chi connectivity index (χ2n) is 3.79. The van der Waals surface area contributed by atoms with Crippen molar-refractivity contribution in [3.05, 3.63) is 28.0 Å². The molecule has 1 saturated carbocycles. The van der Waals surface area contributed by atoms with Crippen LogP contribution in [0.1, 0.15) is 18.6 Å². The third kappa shape index (κ3) is 2.16. The van der Waals surface area contributed by atoms with Gasteiger partial charge in [0.05, 0.1) is 19.2 Å². The van der Waals surface area contributed by atoms with Gasteiger partial charge >= 0.3 is 5.88 Å². The molecule has 0 aliphatic heterocycles. The van der Waals surface area contributed by atoms with Crippen LogP contribution in [-0.2, 0) is 6.54 Å². The van der Waals surface area contributed by atoms with Gasteiger partial charge in [-0.25, -0.2) is 0 Å². The lowest BCUT2D eigenvalue weighted by molar-refractivity contribution is -0.402. The predicted molar refractivity (Wildman–Crippen MR) is 51.3 cm³/mol. The molecule has 0 aromatic carbocycles. The van der Waals surface area contributed by atoms with Crippen LogP contribution in [0.15, 0.2) is 16.5 Å². The molecule has 6 nitrogen and oxygen atoms in total. The Bertz CT molecular complexity index is 370. The van der Waals surface area contributed by atoms with Gasteiger partial charge in [-0.1, -0.05) is 0 Å². The number of aliphatic hydroxyl groups excluding tert-OH is 1. The van der Waals surface area contributed by atoms with E-state index in [0.29, 0.717) is 12.3 Å². The van der Waals surface area contributed by atoms with Gasteiger partial charge in [0.1, 0.15) is 10.7 Å². The van der Waals surface area contributed by atoms with E-state index in [1.807, 2.05) is 0 Å². The van der Waals surface area contributed by atoms with E-state index >= 15 is 0 Å². The van der Waals surface area contributed by atoms with E-state index in [1.165, 1.54) is 6.07 Å². The highest BCUT2D eigenvalue weighted by molar-refractivity contribution is 5.18. The van der Waals surface area contributed by atoms with Gasteiger partial charge in [0.25, 0.3) is 0 Å². The summed E-state index contributed by atoms with van der Waals surface area (Å²) in [7, 11) is 0. The standard InChI is InChI=1S/C9H12N2O4/c12-6-9(3-4-9)10-5-7-1-2-8(15-7)11(13)14/h1-2,10,12H,3-6H2. The van der Waals surface area contributed by atoms with E-state index in [2.05, 4.69) is 5.32 Å². The average molecular weight is 212 g/mol. The van der Waals surface area contributed by atoms with Crippen molar-refractivity contribution in [1.82, 2.24) is 5.32 Å². The number of rotatable bonds is 5. The highest BCUT2D eigenvalue weighted by atomic mass is 16.6. The average Bonchev–Trinajstić information content (AvgIpc) is 2.85. The smallest absolute Gasteiger partial charge is 0.404 e. The van der Waals surface area contributed by atoms with E-state index in [9.17, 15) is 10.1 Å². The summed E-state index contributed by atoms with van der Waals surface area (Å²) in [6.45, 7) is 0.504. The van der Waals surface area contributed by atoms with Crippen LogP contribution in [0.4, 0.5) is 5.88 Å². The zero-order chi connectivity index (χ0) is 10.9. The van der Waals surface area contributed by atoms with Crippen LogP contribution in [0, 0.1) is 10.1 Å². The molecule has 1 aliphatic rings. The van der Waals surface area contributed by atoms with Crippen molar-refractivity contribution in [3.63, 3.8) is 0 Å². The van der Waals surface area contributed by atoms with Crippen molar-refractivity contribution in [2.24, 2.45) is 0 Å². The summed E-state index contributed by atoms with van der Waals surface area (Å²) < 4.78 is 4.97. The zero-order valence-corrected chi connectivity index (χ0v) is 8.10. The van der Waals surface area contributed by atoms with Crippen molar-refractivity contribution >= 4 is 5.88 Å². The molecular formula is C9H12N2O4. The van der Waals surface area contributed by atoms with Gasteiger partial charge in [-0.15, -0.1) is 0 Å². The molecule has 1 aromatic rings. The summed E-state index contributed by atoms with van der Waals surface area (Å²) in [5, 5.41) is 22.5. The maximum atomic E-state index is 10.3. The quantitative estimate of drug-likeness (QED) is 0.556. The minimum atomic E-state index is -0.567. The van der Waals surface area contributed by atoms with Crippen LogP contribution in [0.2, 0.25) is 0 Å². The van der Waals surface area contributed by atoms with Crippen LogP contribution in [0.5, 0.6) is 0 Å². The van der Waals surface area contributed by atoms with Crippen LogP contribution in [0.25, 0.3) is 0 Å². The topological polar surface area (TPSA) is 88.5 Å². The Kier molecular flexibility index (Phi) is 2.45. The molecule has 0 amide bonds. The lowest BCUT2D eigenvalue weighted by Crippen LogP contribution is -2.33. The summed E-state index contributed by atoms with van der Waals surface area (Å²) in [5.74, 6) is 0.266. The highest BCUT2D eigenvalue weighted by Gasteiger charge is 2.41. The number of hydrogen-bond donors (Lipinski definition) is 2. The Labute approximate surface area is 86.0 Å². The summed E-state index contributed by atoms with van der Waals surface area (Å²) in [5.41, 5.74) is -0.179. The van der Waals surface area contributed by atoms with E-state index < -0.39 is 4.92 Å². The summed E-state index contributed by atoms with van der Waals surface area (Å²) in [4.78, 5) is 9.77. The lowest BCUT2D eigenvalue weighted by atomic mass is 10.3. The van der Waals surface area contributed by atoms with Gasteiger partial charge in [0.2, 0.25) is 0 Å². The molecule has 2 N–H and O–H groups in total. The first-order valence-electron chi connectivity index (χ1n) is 4.74. The van der Waals surface area contributed by atoms with E-state index in [4.69, 9.17) is 9.52 Å². The molecule has 2 rings (SSSR count). The van der Waals surface area contributed by atoms with E-state index in [1.54, 1.807) is 6.07 Å². The Hall–Kier alpha value is -1.40. The molecule has 0 spiro atoms. The van der Waals surface area contributed by atoms with Crippen LogP contribution in [0.3, 0.4) is 0 Å². The Morgan fingerprint density at radius 2 is 2.33 bits per heavy atom. The van der Waals surface area contributed by atoms with Gasteiger partial charge in [-0.05, 0) is 18.9 Å². The number of aliphatic hydroxyl groups is 1. The van der Waals surface area contributed by atoms with Crippen molar-refractivity contribution < 1.29 is 14.4 Å². The molecule has 1 heterocycles. The van der Waals surface area contributed by atoms with Crippen LogP contribution >= 0.6 is 0 Å². The molecule has 0 saturated heterocycles. The fourth-order valence-corrected chi connectivity index (χ4v) is 1.38. The fourth-order valence-electron chi connectivity index (χ4n) is 1.38. The normalized spacial score (nSPS) is 17.7. The van der Waals surface area contributed by atoms with Gasteiger partial charge in [0, 0.05) is 5.54 Å². The SMILES string of the molecule is O=[N+]([O-])c1ccc(CNC2(CO)CC2)o1. The van der Waals surface area contributed by atoms with Gasteiger partial charge in [0.15, 0.2) is 0 Å². The monoisotopic (exact) mass is 212 g/mol. The first-order chi connectivity index (χ1) is 7.15. The first kappa shape index (κ1) is 10.1. The maximum absolute atomic E-state index is 10.3. The minimum Gasteiger partial charge on any atom is -0.404 e. The molecular weight excluding hydrogens is 200 g/mol. The third-order valence-electron chi connectivity index (χ3n) is 2.62. The summed E-state index contributed by atoms with van der Waals surface area (Å²) >= 11 is 0. The first-order valence-corrected chi connectivity index (χ1v) is 4.74. The third-order valence-corrected chi connectivity index (χ3v) is 2.62. The number of nitrogens with one attached hydrogen (secondary N) is 1. The van der Waals surface area contributed by atoms with Crippen molar-refractivity contribution in [1.29, 1.82) is 0 Å². The molecule has 15 heavy (non-hydrogen) atoms. The molecule has 1 aromatic heterocycles. The summed E-state index contributed by atoms with van der Waals surface area (Å²) in [6.07, 6.45) is 1.87. The largest absolute Gasteiger partial charge is 0.433 e. The molecule has 1 fully saturated rings. The minimum absolute atomic E-state index is 0.0931. The molecule has 82 valence electrons. The van der Waals surface area contributed by atoms with Gasteiger partial charge in [-0.3, -0.25) is 10.1 Å². The Morgan fingerprint density at radius 3 is 2.80 bits per heavy atom. The Morgan fingerprint density at radius 1 is 1.60 bits per heavy atom. The number of furan rings is 1. The van der Waals surface area contributed by atoms with Crippen LogP contribution in [-0.4, -0.2) is 22.2 Å².